The highest BCUT2D eigenvalue weighted by Gasteiger charge is 2.33. The zero-order valence-electron chi connectivity index (χ0n) is 22.9. The monoisotopic (exact) mass is 578 g/mol. The second-order valence-corrected chi connectivity index (χ2v) is 10.7. The molecule has 42 heavy (non-hydrogen) atoms. The minimum Gasteiger partial charge on any atom is -0.366 e. The van der Waals surface area contributed by atoms with Gasteiger partial charge in [0.15, 0.2) is 0 Å². The third kappa shape index (κ3) is 4.40. The van der Waals surface area contributed by atoms with Crippen LogP contribution in [0.3, 0.4) is 0 Å². The number of amides is 2. The molecule has 11 heteroatoms. The molecule has 0 bridgehead atoms. The van der Waals surface area contributed by atoms with Gasteiger partial charge in [0.2, 0.25) is 5.91 Å². The second-order valence-electron chi connectivity index (χ2n) is 10.7. The zero-order valence-corrected chi connectivity index (χ0v) is 22.9. The molecular weight excluding hydrogens is 552 g/mol. The van der Waals surface area contributed by atoms with Crippen LogP contribution in [0, 0.1) is 13.8 Å². The summed E-state index contributed by atoms with van der Waals surface area (Å²) in [7, 11) is 0. The molecule has 0 aliphatic carbocycles. The van der Waals surface area contributed by atoms with E-state index in [4.69, 9.17) is 10.3 Å². The van der Waals surface area contributed by atoms with Gasteiger partial charge in [0.1, 0.15) is 11.9 Å². The van der Waals surface area contributed by atoms with Crippen molar-refractivity contribution in [1.29, 1.82) is 0 Å². The van der Waals surface area contributed by atoms with Crippen LogP contribution in [0.4, 0.5) is 17.6 Å². The molecule has 6 rings (SSSR count). The number of carbonyl (C=O) groups is 2. The summed E-state index contributed by atoms with van der Waals surface area (Å²) < 4.78 is 61.5. The first kappa shape index (κ1) is 27.5. The molecule has 2 amide bonds. The van der Waals surface area contributed by atoms with E-state index in [1.165, 1.54) is 11.0 Å². The number of aryl methyl sites for hydroxylation is 2. The van der Waals surface area contributed by atoms with Gasteiger partial charge in [-0.15, -0.1) is 0 Å². The third-order valence-electron chi connectivity index (χ3n) is 7.94. The van der Waals surface area contributed by atoms with Crippen LogP contribution in [0.1, 0.15) is 56.3 Å². The number of carbonyl (C=O) groups excluding carboxylic acids is 2. The molecule has 1 saturated heterocycles. The number of hydrogen-bond acceptors (Lipinski definition) is 4. The van der Waals surface area contributed by atoms with Crippen LogP contribution < -0.4 is 5.73 Å². The van der Waals surface area contributed by atoms with E-state index in [1.807, 2.05) is 10.6 Å². The number of halogens is 4. The zero-order chi connectivity index (χ0) is 30.1. The molecule has 216 valence electrons. The lowest BCUT2D eigenvalue weighted by Crippen LogP contribution is -2.51. The maximum Gasteiger partial charge on any atom is 0.416 e. The Hall–Kier alpha value is -4.67. The van der Waals surface area contributed by atoms with Crippen molar-refractivity contribution in [3.63, 3.8) is 0 Å². The number of rotatable bonds is 5. The number of hydrogen-bond donors (Lipinski definition) is 1. The molecule has 5 aromatic rings. The van der Waals surface area contributed by atoms with Crippen LogP contribution in [-0.2, 0) is 6.18 Å². The Morgan fingerprint density at radius 1 is 1.05 bits per heavy atom. The van der Waals surface area contributed by atoms with Crippen molar-refractivity contribution in [3.05, 3.63) is 88.3 Å². The lowest BCUT2D eigenvalue weighted by atomic mass is 9.96. The largest absolute Gasteiger partial charge is 0.416 e. The Morgan fingerprint density at radius 2 is 1.79 bits per heavy atom. The van der Waals surface area contributed by atoms with Crippen LogP contribution in [-0.4, -0.2) is 45.7 Å². The first-order valence-corrected chi connectivity index (χ1v) is 13.3. The highest BCUT2D eigenvalue weighted by molar-refractivity contribution is 6.20. The summed E-state index contributed by atoms with van der Waals surface area (Å²) in [4.78, 5) is 27.4. The highest BCUT2D eigenvalue weighted by Crippen LogP contribution is 2.41. The van der Waals surface area contributed by atoms with Gasteiger partial charge in [0.05, 0.1) is 35.9 Å². The van der Waals surface area contributed by atoms with Crippen molar-refractivity contribution >= 4 is 33.6 Å². The highest BCUT2D eigenvalue weighted by atomic mass is 19.4. The van der Waals surface area contributed by atoms with E-state index in [0.29, 0.717) is 55.5 Å². The smallest absolute Gasteiger partial charge is 0.366 e. The van der Waals surface area contributed by atoms with Crippen molar-refractivity contribution in [3.8, 4) is 11.1 Å². The fourth-order valence-corrected chi connectivity index (χ4v) is 5.86. The Labute approximate surface area is 237 Å². The van der Waals surface area contributed by atoms with E-state index in [1.54, 1.807) is 51.1 Å². The molecule has 1 fully saturated rings. The Bertz CT molecular complexity index is 1880. The number of aromatic nitrogens is 2. The number of likely N-dealkylation sites (tertiary alicyclic amines) is 1. The SMILES string of the molecule is Cc1noc(C)c1-c1cc(C(N)=O)c2c3cc(C(=O)N4CC(F)C4)ccc3n(C(C)c3cccc(C(F)(F)F)c3)c2c1. The summed E-state index contributed by atoms with van der Waals surface area (Å²) in [5.74, 6) is -0.561. The molecule has 2 N–H and O–H groups in total. The summed E-state index contributed by atoms with van der Waals surface area (Å²) >= 11 is 0. The molecule has 3 heterocycles. The normalized spacial score (nSPS) is 14.9. The van der Waals surface area contributed by atoms with Gasteiger partial charge in [-0.3, -0.25) is 9.59 Å². The van der Waals surface area contributed by atoms with Gasteiger partial charge in [-0.05, 0) is 74.4 Å². The maximum absolute atomic E-state index is 13.6. The van der Waals surface area contributed by atoms with Crippen molar-refractivity contribution in [1.82, 2.24) is 14.6 Å². The first-order chi connectivity index (χ1) is 19.8. The van der Waals surface area contributed by atoms with Crippen LogP contribution in [0.5, 0.6) is 0 Å². The average Bonchev–Trinajstić information content (AvgIpc) is 3.44. The maximum atomic E-state index is 13.6. The number of nitrogens with zero attached hydrogens (tertiary/aromatic N) is 3. The van der Waals surface area contributed by atoms with Gasteiger partial charge < -0.3 is 19.7 Å². The molecule has 0 saturated carbocycles. The van der Waals surface area contributed by atoms with E-state index in [9.17, 15) is 27.2 Å². The lowest BCUT2D eigenvalue weighted by molar-refractivity contribution is -0.137. The molecular formula is C31H26F4N4O3. The number of nitrogens with two attached hydrogens (primary N) is 1. The van der Waals surface area contributed by atoms with Crippen LogP contribution >= 0.6 is 0 Å². The van der Waals surface area contributed by atoms with E-state index in [2.05, 4.69) is 5.16 Å². The van der Waals surface area contributed by atoms with E-state index in [-0.39, 0.29) is 24.6 Å². The molecule has 1 atom stereocenters. The van der Waals surface area contributed by atoms with Gasteiger partial charge in [0.25, 0.3) is 5.91 Å². The van der Waals surface area contributed by atoms with Gasteiger partial charge in [-0.2, -0.15) is 13.2 Å². The third-order valence-corrected chi connectivity index (χ3v) is 7.94. The van der Waals surface area contributed by atoms with Crippen molar-refractivity contribution in [2.24, 2.45) is 5.73 Å². The van der Waals surface area contributed by atoms with Crippen LogP contribution in [0.25, 0.3) is 32.9 Å². The summed E-state index contributed by atoms with van der Waals surface area (Å²) in [5, 5.41) is 4.99. The molecule has 1 aliphatic rings. The summed E-state index contributed by atoms with van der Waals surface area (Å²) in [6, 6.07) is 12.8. The number of fused-ring (bicyclic) bond motifs is 3. The number of alkyl halides is 4. The molecule has 2 aromatic heterocycles. The molecule has 1 aliphatic heterocycles. The minimum absolute atomic E-state index is 0.00144. The van der Waals surface area contributed by atoms with Gasteiger partial charge in [-0.1, -0.05) is 17.3 Å². The fourth-order valence-electron chi connectivity index (χ4n) is 5.86. The predicted molar refractivity (Wildman–Crippen MR) is 149 cm³/mol. The van der Waals surface area contributed by atoms with Gasteiger partial charge >= 0.3 is 6.18 Å². The fraction of sp³-hybridized carbons (Fsp3) is 0.258. The topological polar surface area (TPSA) is 94.4 Å². The molecule has 0 radical (unpaired) electrons. The second kappa shape index (κ2) is 9.71. The molecule has 3 aromatic carbocycles. The summed E-state index contributed by atoms with van der Waals surface area (Å²) in [5.41, 5.74) is 8.92. The van der Waals surface area contributed by atoms with E-state index < -0.39 is 29.9 Å². The lowest BCUT2D eigenvalue weighted by Gasteiger charge is -2.34. The molecule has 0 spiro atoms. The van der Waals surface area contributed by atoms with Crippen molar-refractivity contribution in [2.45, 2.75) is 39.2 Å². The first-order valence-electron chi connectivity index (χ1n) is 13.3. The van der Waals surface area contributed by atoms with Crippen LogP contribution in [0.15, 0.2) is 59.1 Å². The number of primary amides is 1. The molecule has 7 nitrogen and oxygen atoms in total. The number of benzene rings is 3. The van der Waals surface area contributed by atoms with Gasteiger partial charge in [0, 0.05) is 33.0 Å². The Balaban J connectivity index is 1.65. The van der Waals surface area contributed by atoms with Crippen molar-refractivity contribution < 1.29 is 31.7 Å². The summed E-state index contributed by atoms with van der Waals surface area (Å²) in [6.07, 6.45) is -5.60. The van der Waals surface area contributed by atoms with E-state index in [0.717, 1.165) is 12.1 Å². The predicted octanol–water partition coefficient (Wildman–Crippen LogP) is 6.59. The average molecular weight is 579 g/mol. The quantitative estimate of drug-likeness (QED) is 0.238. The van der Waals surface area contributed by atoms with Crippen LogP contribution in [0.2, 0.25) is 0 Å². The Kier molecular flexibility index (Phi) is 6.36. The van der Waals surface area contributed by atoms with Gasteiger partial charge in [-0.25, -0.2) is 4.39 Å². The summed E-state index contributed by atoms with van der Waals surface area (Å²) in [6.45, 7) is 5.26. The molecule has 1 unspecified atom stereocenters. The van der Waals surface area contributed by atoms with E-state index >= 15 is 0 Å². The minimum atomic E-state index is -4.53. The standard InChI is InChI=1S/C31H26F4N4O3/c1-15-27(17(3)42-37-15)20-11-24(29(36)40)28-23-10-19(30(41)38-13-22(32)14-38)7-8-25(23)39(26(28)12-20)16(2)18-5-4-6-21(9-18)31(33,34)35/h4-12,16,22H,13-14H2,1-3H3,(H2,36,40). The van der Waals surface area contributed by atoms with Crippen molar-refractivity contribution in [2.75, 3.05) is 13.1 Å². The Morgan fingerprint density at radius 3 is 2.40 bits per heavy atom.